The number of nitriles is 1. The first-order valence-corrected chi connectivity index (χ1v) is 8.33. The zero-order valence-electron chi connectivity index (χ0n) is 14.7. The summed E-state index contributed by atoms with van der Waals surface area (Å²) in [5, 5.41) is 20.8. The number of nitrogens with zero attached hydrogens (tertiary/aromatic N) is 1. The molecule has 0 fully saturated rings. The van der Waals surface area contributed by atoms with Crippen molar-refractivity contribution in [3.8, 4) is 23.3 Å². The second-order valence-electron chi connectivity index (χ2n) is 5.70. The van der Waals surface area contributed by atoms with Gasteiger partial charge in [-0.2, -0.15) is 5.26 Å². The van der Waals surface area contributed by atoms with E-state index in [2.05, 4.69) is 5.32 Å². The number of aliphatic carboxylic acids is 1. The van der Waals surface area contributed by atoms with Crippen LogP contribution in [0.4, 0.5) is 5.69 Å². The Bertz CT molecular complexity index is 977. The van der Waals surface area contributed by atoms with Crippen LogP contribution in [-0.2, 0) is 9.59 Å². The van der Waals surface area contributed by atoms with Crippen LogP contribution in [-0.4, -0.2) is 36.8 Å². The Labute approximate surface area is 160 Å². The molecule has 0 unspecified atom stereocenters. The van der Waals surface area contributed by atoms with E-state index in [9.17, 15) is 14.9 Å². The molecule has 1 heterocycles. The summed E-state index contributed by atoms with van der Waals surface area (Å²) in [6.45, 7) is 0.348. The maximum Gasteiger partial charge on any atom is 0.341 e. The van der Waals surface area contributed by atoms with Gasteiger partial charge in [0.1, 0.15) is 30.6 Å². The predicted molar refractivity (Wildman–Crippen MR) is 99.2 cm³/mol. The van der Waals surface area contributed by atoms with Crippen molar-refractivity contribution in [1.82, 2.24) is 0 Å². The van der Waals surface area contributed by atoms with Crippen molar-refractivity contribution in [2.45, 2.75) is 0 Å². The number of carboxylic acids is 1. The molecule has 142 valence electrons. The fourth-order valence-electron chi connectivity index (χ4n) is 2.49. The maximum absolute atomic E-state index is 12.5. The van der Waals surface area contributed by atoms with Crippen LogP contribution in [0.3, 0.4) is 0 Å². The number of amides is 1. The van der Waals surface area contributed by atoms with Crippen LogP contribution in [0.2, 0.25) is 0 Å². The van der Waals surface area contributed by atoms with Crippen LogP contribution >= 0.6 is 0 Å². The Morgan fingerprint density at radius 3 is 2.68 bits per heavy atom. The molecule has 0 saturated carbocycles. The molecule has 1 aliphatic rings. The van der Waals surface area contributed by atoms with Gasteiger partial charge in [-0.3, -0.25) is 4.79 Å². The van der Waals surface area contributed by atoms with Crippen LogP contribution in [0, 0.1) is 11.3 Å². The number of benzene rings is 2. The molecule has 0 radical (unpaired) electrons. The van der Waals surface area contributed by atoms with E-state index in [-0.39, 0.29) is 11.3 Å². The molecular weight excluding hydrogens is 364 g/mol. The third kappa shape index (κ3) is 4.59. The van der Waals surface area contributed by atoms with Crippen molar-refractivity contribution in [1.29, 1.82) is 5.26 Å². The highest BCUT2D eigenvalue weighted by Gasteiger charge is 2.15. The third-order valence-electron chi connectivity index (χ3n) is 3.74. The Balaban J connectivity index is 1.79. The quantitative estimate of drug-likeness (QED) is 0.584. The fourth-order valence-corrected chi connectivity index (χ4v) is 2.49. The van der Waals surface area contributed by atoms with Crippen LogP contribution in [0.5, 0.6) is 17.2 Å². The Morgan fingerprint density at radius 1 is 1.18 bits per heavy atom. The maximum atomic E-state index is 12.5. The molecule has 0 aliphatic carbocycles. The van der Waals surface area contributed by atoms with Gasteiger partial charge in [0.25, 0.3) is 5.91 Å². The first-order valence-electron chi connectivity index (χ1n) is 8.33. The number of carbonyl (C=O) groups is 2. The van der Waals surface area contributed by atoms with Crippen molar-refractivity contribution in [2.75, 3.05) is 25.1 Å². The smallest absolute Gasteiger partial charge is 0.341 e. The van der Waals surface area contributed by atoms with E-state index in [4.69, 9.17) is 19.3 Å². The molecule has 0 atom stereocenters. The molecule has 2 aromatic carbocycles. The number of hydrogen-bond donors (Lipinski definition) is 2. The fraction of sp³-hybridized carbons (Fsp3) is 0.150. The zero-order chi connectivity index (χ0) is 19.9. The Kier molecular flexibility index (Phi) is 5.77. The lowest BCUT2D eigenvalue weighted by atomic mass is 10.1. The van der Waals surface area contributed by atoms with Crippen LogP contribution < -0.4 is 19.5 Å². The summed E-state index contributed by atoms with van der Waals surface area (Å²) in [7, 11) is 0. The second-order valence-corrected chi connectivity index (χ2v) is 5.70. The molecule has 8 heteroatoms. The normalized spacial score (nSPS) is 12.6. The lowest BCUT2D eigenvalue weighted by molar-refractivity contribution is -0.139. The highest BCUT2D eigenvalue weighted by molar-refractivity contribution is 6.10. The van der Waals surface area contributed by atoms with Crippen molar-refractivity contribution >= 4 is 23.6 Å². The average Bonchev–Trinajstić information content (AvgIpc) is 2.71. The molecule has 0 aromatic heterocycles. The van der Waals surface area contributed by atoms with Gasteiger partial charge in [-0.05, 0) is 24.3 Å². The summed E-state index contributed by atoms with van der Waals surface area (Å²) >= 11 is 0. The van der Waals surface area contributed by atoms with Gasteiger partial charge in [-0.15, -0.1) is 0 Å². The minimum absolute atomic E-state index is 0.165. The number of para-hydroxylation sites is 1. The van der Waals surface area contributed by atoms with Crippen molar-refractivity contribution < 1.29 is 28.9 Å². The molecule has 0 spiro atoms. The number of hydrogen-bond acceptors (Lipinski definition) is 6. The Morgan fingerprint density at radius 2 is 1.93 bits per heavy atom. The van der Waals surface area contributed by atoms with E-state index in [1.165, 1.54) is 6.08 Å². The largest absolute Gasteiger partial charge is 0.486 e. The number of carbonyl (C=O) groups excluding carboxylic acids is 1. The van der Waals surface area contributed by atoms with E-state index in [0.717, 1.165) is 0 Å². The molecule has 1 amide bonds. The summed E-state index contributed by atoms with van der Waals surface area (Å²) in [6.07, 6.45) is 1.34. The van der Waals surface area contributed by atoms with E-state index in [0.29, 0.717) is 36.0 Å². The first kappa shape index (κ1) is 18.8. The number of carboxylic acid groups (broad SMARTS) is 1. The summed E-state index contributed by atoms with van der Waals surface area (Å²) in [4.78, 5) is 23.2. The molecule has 2 N–H and O–H groups in total. The van der Waals surface area contributed by atoms with Crippen molar-refractivity contribution in [3.63, 3.8) is 0 Å². The standard InChI is InChI=1S/C20H16N2O6/c21-11-14(9-13-3-1-2-4-16(13)28-12-19(23)24)20(25)22-15-5-6-17-18(10-15)27-8-7-26-17/h1-6,9-10H,7-8,12H2,(H,22,25)(H,23,24)/b14-9+. The SMILES string of the molecule is N#C/C(=C\c1ccccc1OCC(=O)O)C(=O)Nc1ccc2c(c1)OCCO2. The molecule has 3 rings (SSSR count). The molecule has 1 aliphatic heterocycles. The van der Waals surface area contributed by atoms with Gasteiger partial charge in [-0.1, -0.05) is 18.2 Å². The molecule has 28 heavy (non-hydrogen) atoms. The highest BCUT2D eigenvalue weighted by atomic mass is 16.6. The topological polar surface area (TPSA) is 118 Å². The van der Waals surface area contributed by atoms with Gasteiger partial charge in [0, 0.05) is 17.3 Å². The van der Waals surface area contributed by atoms with E-state index in [1.807, 2.05) is 6.07 Å². The van der Waals surface area contributed by atoms with Gasteiger partial charge in [0.2, 0.25) is 0 Å². The molecule has 8 nitrogen and oxygen atoms in total. The van der Waals surface area contributed by atoms with Gasteiger partial charge < -0.3 is 24.6 Å². The number of nitrogens with one attached hydrogen (secondary N) is 1. The first-order chi connectivity index (χ1) is 13.6. The highest BCUT2D eigenvalue weighted by Crippen LogP contribution is 2.32. The summed E-state index contributed by atoms with van der Waals surface area (Å²) in [5.41, 5.74) is 0.699. The average molecular weight is 380 g/mol. The lowest BCUT2D eigenvalue weighted by Gasteiger charge is -2.18. The molecule has 0 bridgehead atoms. The number of ether oxygens (including phenoxy) is 3. The van der Waals surface area contributed by atoms with Crippen LogP contribution in [0.15, 0.2) is 48.0 Å². The van der Waals surface area contributed by atoms with Crippen LogP contribution in [0.25, 0.3) is 6.08 Å². The number of anilines is 1. The zero-order valence-corrected chi connectivity index (χ0v) is 14.7. The minimum atomic E-state index is -1.13. The summed E-state index contributed by atoms with van der Waals surface area (Å²) in [6, 6.07) is 13.3. The minimum Gasteiger partial charge on any atom is -0.486 e. The second kappa shape index (κ2) is 8.60. The van der Waals surface area contributed by atoms with E-state index >= 15 is 0 Å². The summed E-state index contributed by atoms with van der Waals surface area (Å²) < 4.78 is 16.1. The number of rotatable bonds is 6. The van der Waals surface area contributed by atoms with Gasteiger partial charge in [0.05, 0.1) is 0 Å². The number of fused-ring (bicyclic) bond motifs is 1. The molecule has 2 aromatic rings. The van der Waals surface area contributed by atoms with E-state index in [1.54, 1.807) is 42.5 Å². The Hall–Kier alpha value is -3.99. The van der Waals surface area contributed by atoms with Gasteiger partial charge in [-0.25, -0.2) is 4.79 Å². The predicted octanol–water partition coefficient (Wildman–Crippen LogP) is 2.47. The lowest BCUT2D eigenvalue weighted by Crippen LogP contribution is -2.17. The third-order valence-corrected chi connectivity index (χ3v) is 3.74. The van der Waals surface area contributed by atoms with Crippen molar-refractivity contribution in [2.24, 2.45) is 0 Å². The van der Waals surface area contributed by atoms with Gasteiger partial charge in [0.15, 0.2) is 18.1 Å². The monoisotopic (exact) mass is 380 g/mol. The van der Waals surface area contributed by atoms with E-state index < -0.39 is 18.5 Å². The van der Waals surface area contributed by atoms with Crippen molar-refractivity contribution in [3.05, 3.63) is 53.6 Å². The molecular formula is C20H16N2O6. The van der Waals surface area contributed by atoms with Gasteiger partial charge >= 0.3 is 5.97 Å². The molecule has 0 saturated heterocycles. The van der Waals surface area contributed by atoms with Crippen LogP contribution in [0.1, 0.15) is 5.56 Å². The summed E-state index contributed by atoms with van der Waals surface area (Å²) in [5.74, 6) is -0.392.